The minimum atomic E-state index is -0.444. The van der Waals surface area contributed by atoms with E-state index in [0.717, 1.165) is 61.0 Å². The Balaban J connectivity index is 1.32. The lowest BCUT2D eigenvalue weighted by Crippen LogP contribution is -2.40. The molecule has 0 spiro atoms. The van der Waals surface area contributed by atoms with Crippen molar-refractivity contribution >= 4 is 40.8 Å². The van der Waals surface area contributed by atoms with E-state index in [1.54, 1.807) is 35.2 Å². The van der Waals surface area contributed by atoms with Crippen molar-refractivity contribution in [1.29, 1.82) is 0 Å². The first-order valence-electron chi connectivity index (χ1n) is 11.0. The molecule has 3 aliphatic heterocycles. The lowest BCUT2D eigenvalue weighted by atomic mass is 10.1. The van der Waals surface area contributed by atoms with Crippen LogP contribution >= 0.6 is 11.8 Å². The number of hydrogen-bond acceptors (Lipinski definition) is 6. The Morgan fingerprint density at radius 2 is 1.47 bits per heavy atom. The fourth-order valence-electron chi connectivity index (χ4n) is 4.03. The number of imide groups is 1. The molecule has 4 rings (SSSR count). The zero-order valence-electron chi connectivity index (χ0n) is 18.0. The zero-order valence-corrected chi connectivity index (χ0v) is 18.8. The molecule has 32 heavy (non-hydrogen) atoms. The van der Waals surface area contributed by atoms with Gasteiger partial charge in [-0.15, -0.1) is 0 Å². The number of ether oxygens (including phenoxy) is 1. The second kappa shape index (κ2) is 10.2. The molecule has 1 aromatic carbocycles. The van der Waals surface area contributed by atoms with Gasteiger partial charge in [0.1, 0.15) is 12.3 Å². The van der Waals surface area contributed by atoms with Crippen molar-refractivity contribution in [2.24, 2.45) is 0 Å². The third kappa shape index (κ3) is 5.32. The highest BCUT2D eigenvalue weighted by molar-refractivity contribution is 8.18. The van der Waals surface area contributed by atoms with Gasteiger partial charge < -0.3 is 14.5 Å². The number of nitrogens with zero attached hydrogens (tertiary/aromatic N) is 3. The van der Waals surface area contributed by atoms with Crippen LogP contribution in [-0.4, -0.2) is 77.0 Å². The van der Waals surface area contributed by atoms with E-state index < -0.39 is 11.1 Å². The van der Waals surface area contributed by atoms with Gasteiger partial charge in [0.25, 0.3) is 17.1 Å². The fraction of sp³-hybridized carbons (Fsp3) is 0.478. The van der Waals surface area contributed by atoms with E-state index in [1.165, 1.54) is 6.42 Å². The van der Waals surface area contributed by atoms with Crippen LogP contribution in [0.2, 0.25) is 0 Å². The van der Waals surface area contributed by atoms with Gasteiger partial charge in [0, 0.05) is 26.2 Å². The molecule has 0 saturated carbocycles. The van der Waals surface area contributed by atoms with Gasteiger partial charge in [-0.1, -0.05) is 12.1 Å². The Bertz CT molecular complexity index is 918. The molecule has 3 aliphatic rings. The zero-order chi connectivity index (χ0) is 22.5. The van der Waals surface area contributed by atoms with Crippen LogP contribution < -0.4 is 4.74 Å². The highest BCUT2D eigenvalue weighted by Crippen LogP contribution is 2.32. The third-order valence-electron chi connectivity index (χ3n) is 5.87. The van der Waals surface area contributed by atoms with Crippen LogP contribution in [0.5, 0.6) is 5.75 Å². The van der Waals surface area contributed by atoms with Gasteiger partial charge in [-0.25, -0.2) is 0 Å². The first kappa shape index (κ1) is 22.4. The number of piperidine rings is 1. The molecular weight excluding hydrogens is 430 g/mol. The van der Waals surface area contributed by atoms with E-state index in [1.807, 2.05) is 4.90 Å². The summed E-state index contributed by atoms with van der Waals surface area (Å²) < 4.78 is 5.61. The Morgan fingerprint density at radius 1 is 0.875 bits per heavy atom. The molecule has 0 bridgehead atoms. The number of carbonyl (C=O) groups is 4. The van der Waals surface area contributed by atoms with Crippen molar-refractivity contribution < 1.29 is 23.9 Å². The number of likely N-dealkylation sites (tertiary alicyclic amines) is 2. The van der Waals surface area contributed by atoms with Crippen molar-refractivity contribution in [1.82, 2.24) is 14.7 Å². The standard InChI is InChI=1S/C23H27N3O5S/c27-20(24-12-4-5-13-24)15-26-22(29)19(32-23(26)30)14-17-6-8-18(9-7-17)31-16-21(28)25-10-2-1-3-11-25/h6-9,14H,1-5,10-13,15-16H2/b19-14-. The summed E-state index contributed by atoms with van der Waals surface area (Å²) in [5, 5.41) is -0.426. The van der Waals surface area contributed by atoms with Crippen molar-refractivity contribution in [2.45, 2.75) is 32.1 Å². The molecule has 0 radical (unpaired) electrons. The SMILES string of the molecule is O=C(COc1ccc(/C=C2\SC(=O)N(CC(=O)N3CCCC3)C2=O)cc1)N1CCCCC1. The molecule has 3 fully saturated rings. The predicted molar refractivity (Wildman–Crippen MR) is 121 cm³/mol. The van der Waals surface area contributed by atoms with Crippen molar-refractivity contribution in [3.05, 3.63) is 34.7 Å². The number of benzene rings is 1. The second-order valence-corrected chi connectivity index (χ2v) is 9.15. The van der Waals surface area contributed by atoms with E-state index >= 15 is 0 Å². The lowest BCUT2D eigenvalue weighted by molar-refractivity contribution is -0.135. The molecular formula is C23H27N3O5S. The summed E-state index contributed by atoms with van der Waals surface area (Å²) in [6.07, 6.45) is 6.80. The van der Waals surface area contributed by atoms with Gasteiger partial charge in [0.15, 0.2) is 6.61 Å². The summed E-state index contributed by atoms with van der Waals surface area (Å²) in [5.74, 6) is -0.0746. The monoisotopic (exact) mass is 457 g/mol. The number of carbonyl (C=O) groups excluding carboxylic acids is 4. The summed E-state index contributed by atoms with van der Waals surface area (Å²) >= 11 is 0.842. The Labute approximate surface area is 191 Å². The fourth-order valence-corrected chi connectivity index (χ4v) is 4.87. The van der Waals surface area contributed by atoms with Gasteiger partial charge in [-0.3, -0.25) is 24.1 Å². The van der Waals surface area contributed by atoms with Gasteiger partial charge in [0.05, 0.1) is 4.91 Å². The molecule has 0 unspecified atom stereocenters. The van der Waals surface area contributed by atoms with Crippen molar-refractivity contribution in [3.63, 3.8) is 0 Å². The normalized spacial score (nSPS) is 20.4. The van der Waals surface area contributed by atoms with E-state index in [4.69, 9.17) is 4.74 Å². The van der Waals surface area contributed by atoms with Crippen LogP contribution in [0.3, 0.4) is 0 Å². The molecule has 0 aliphatic carbocycles. The van der Waals surface area contributed by atoms with Crippen molar-refractivity contribution in [3.8, 4) is 5.75 Å². The summed E-state index contributed by atoms with van der Waals surface area (Å²) in [6, 6.07) is 7.00. The molecule has 4 amide bonds. The van der Waals surface area contributed by atoms with E-state index in [2.05, 4.69) is 0 Å². The largest absolute Gasteiger partial charge is 0.484 e. The average Bonchev–Trinajstić information content (AvgIpc) is 3.44. The van der Waals surface area contributed by atoms with E-state index in [-0.39, 0.29) is 29.9 Å². The van der Waals surface area contributed by atoms with Crippen LogP contribution in [-0.2, 0) is 14.4 Å². The van der Waals surface area contributed by atoms with Gasteiger partial charge in [-0.05, 0) is 67.6 Å². The second-order valence-electron chi connectivity index (χ2n) is 8.15. The molecule has 0 N–H and O–H groups in total. The molecule has 0 atom stereocenters. The molecule has 3 saturated heterocycles. The topological polar surface area (TPSA) is 87.2 Å². The van der Waals surface area contributed by atoms with Crippen LogP contribution in [0.15, 0.2) is 29.2 Å². The quantitative estimate of drug-likeness (QED) is 0.611. The minimum absolute atomic E-state index is 0.00326. The first-order valence-corrected chi connectivity index (χ1v) is 11.9. The Kier molecular flexibility index (Phi) is 7.14. The van der Waals surface area contributed by atoms with Gasteiger partial charge >= 0.3 is 0 Å². The molecule has 0 aromatic heterocycles. The van der Waals surface area contributed by atoms with Crippen LogP contribution in [0.1, 0.15) is 37.7 Å². The minimum Gasteiger partial charge on any atom is -0.484 e. The van der Waals surface area contributed by atoms with Crippen LogP contribution in [0.25, 0.3) is 6.08 Å². The molecule has 1 aromatic rings. The van der Waals surface area contributed by atoms with Gasteiger partial charge in [-0.2, -0.15) is 0 Å². The highest BCUT2D eigenvalue weighted by atomic mass is 32.2. The van der Waals surface area contributed by atoms with E-state index in [0.29, 0.717) is 18.8 Å². The molecule has 9 heteroatoms. The Hall–Kier alpha value is -2.81. The molecule has 3 heterocycles. The molecule has 170 valence electrons. The van der Waals surface area contributed by atoms with Crippen molar-refractivity contribution in [2.75, 3.05) is 39.3 Å². The summed E-state index contributed by atoms with van der Waals surface area (Å²) in [7, 11) is 0. The number of thioether (sulfide) groups is 1. The first-order chi connectivity index (χ1) is 15.5. The van der Waals surface area contributed by atoms with Crippen LogP contribution in [0, 0.1) is 0 Å². The summed E-state index contributed by atoms with van der Waals surface area (Å²) in [6.45, 7) is 2.74. The average molecular weight is 458 g/mol. The smallest absolute Gasteiger partial charge is 0.294 e. The summed E-state index contributed by atoms with van der Waals surface area (Å²) in [4.78, 5) is 54.3. The number of amides is 4. The highest BCUT2D eigenvalue weighted by Gasteiger charge is 2.37. The maximum absolute atomic E-state index is 12.6. The maximum Gasteiger partial charge on any atom is 0.294 e. The number of rotatable bonds is 6. The lowest BCUT2D eigenvalue weighted by Gasteiger charge is -2.26. The number of hydrogen-bond donors (Lipinski definition) is 0. The maximum atomic E-state index is 12.6. The predicted octanol–water partition coefficient (Wildman–Crippen LogP) is 2.74. The van der Waals surface area contributed by atoms with Gasteiger partial charge in [0.2, 0.25) is 5.91 Å². The van der Waals surface area contributed by atoms with E-state index in [9.17, 15) is 19.2 Å². The van der Waals surface area contributed by atoms with Crippen LogP contribution in [0.4, 0.5) is 4.79 Å². The molecule has 8 nitrogen and oxygen atoms in total. The summed E-state index contributed by atoms with van der Waals surface area (Å²) in [5.41, 5.74) is 0.732. The Morgan fingerprint density at radius 3 is 2.12 bits per heavy atom. The third-order valence-corrected chi connectivity index (χ3v) is 6.78.